The normalized spacial score (nSPS) is 13.5. The first-order valence-corrected chi connectivity index (χ1v) is 5.20. The van der Waals surface area contributed by atoms with Crippen molar-refractivity contribution in [2.45, 2.75) is 6.42 Å². The van der Waals surface area contributed by atoms with Gasteiger partial charge in [-0.05, 0) is 11.6 Å². The number of nitro benzene ring substituents is 1. The second-order valence-corrected chi connectivity index (χ2v) is 3.77. The zero-order chi connectivity index (χ0) is 14.0. The van der Waals surface area contributed by atoms with E-state index in [1.165, 1.54) is 18.2 Å². The molecule has 0 atom stereocenters. The average Bonchev–Trinajstić information content (AvgIpc) is 2.74. The summed E-state index contributed by atoms with van der Waals surface area (Å²) < 4.78 is 0. The van der Waals surface area contributed by atoms with Crippen LogP contribution >= 0.6 is 0 Å². The second kappa shape index (κ2) is 4.77. The molecule has 1 heterocycles. The van der Waals surface area contributed by atoms with E-state index in [1.54, 1.807) is 0 Å². The predicted molar refractivity (Wildman–Crippen MR) is 64.5 cm³/mol. The maximum absolute atomic E-state index is 11.2. The van der Waals surface area contributed by atoms with Gasteiger partial charge in [0.2, 0.25) is 6.17 Å². The van der Waals surface area contributed by atoms with E-state index < -0.39 is 16.7 Å². The number of nitro groups is 1. The van der Waals surface area contributed by atoms with Gasteiger partial charge in [-0.25, -0.2) is 0 Å². The molecule has 0 bridgehead atoms. The van der Waals surface area contributed by atoms with E-state index in [1.807, 2.05) is 0 Å². The molecule has 0 fully saturated rings. The zero-order valence-electron chi connectivity index (χ0n) is 9.57. The number of rotatable bonds is 4. The average molecular weight is 260 g/mol. The maximum Gasteiger partial charge on any atom is 0.282 e. The van der Waals surface area contributed by atoms with Crippen molar-refractivity contribution < 1.29 is 14.8 Å². The van der Waals surface area contributed by atoms with Crippen LogP contribution in [0.3, 0.4) is 0 Å². The molecule has 0 radical (unpaired) electrons. The lowest BCUT2D eigenvalue weighted by Gasteiger charge is -2.03. The Kier molecular flexibility index (Phi) is 3.15. The summed E-state index contributed by atoms with van der Waals surface area (Å²) in [4.78, 5) is 28.6. The molecule has 2 N–H and O–H groups in total. The van der Waals surface area contributed by atoms with Crippen molar-refractivity contribution in [3.8, 4) is 0 Å². The van der Waals surface area contributed by atoms with Gasteiger partial charge in [0.25, 0.3) is 11.6 Å². The second-order valence-electron chi connectivity index (χ2n) is 3.77. The highest BCUT2D eigenvalue weighted by atomic mass is 16.6. The molecule has 1 amide bonds. The van der Waals surface area contributed by atoms with Crippen LogP contribution in [-0.4, -0.2) is 22.9 Å². The van der Waals surface area contributed by atoms with Gasteiger partial charge in [0.05, 0.1) is 11.3 Å². The number of hydrogen-bond acceptors (Lipinski definition) is 6. The Labute approximate surface area is 107 Å². The maximum atomic E-state index is 11.2. The largest absolute Gasteiger partial charge is 0.788 e. The summed E-state index contributed by atoms with van der Waals surface area (Å²) in [6, 6.07) is 3.96. The highest BCUT2D eigenvalue weighted by Gasteiger charge is 2.23. The molecule has 96 valence electrons. The lowest BCUT2D eigenvalue weighted by Crippen LogP contribution is -2.15. The Balaban J connectivity index is 2.28. The summed E-state index contributed by atoms with van der Waals surface area (Å²) in [5.74, 6) is -1.34. The SMILES string of the molecule is NC(=O)c1cc(C[C+]2N=CC([O-])=N2)ccc1[N+](=O)[O-]. The van der Waals surface area contributed by atoms with Gasteiger partial charge in [0.1, 0.15) is 5.56 Å². The summed E-state index contributed by atoms with van der Waals surface area (Å²) in [6.07, 6.45) is 1.56. The molecule has 1 aliphatic heterocycles. The van der Waals surface area contributed by atoms with Crippen LogP contribution in [0.2, 0.25) is 0 Å². The molecule has 8 nitrogen and oxygen atoms in total. The molecule has 0 saturated carbocycles. The fourth-order valence-electron chi connectivity index (χ4n) is 1.63. The number of nitrogens with two attached hydrogens (primary N) is 1. The van der Waals surface area contributed by atoms with Gasteiger partial charge in [-0.15, -0.1) is 0 Å². The lowest BCUT2D eigenvalue weighted by atomic mass is 10.0. The fraction of sp³-hybridized carbons (Fsp3) is 0.0909. The smallest absolute Gasteiger partial charge is 0.282 e. The van der Waals surface area contributed by atoms with E-state index in [4.69, 9.17) is 5.73 Å². The summed E-state index contributed by atoms with van der Waals surface area (Å²) in [6.45, 7) is 0. The summed E-state index contributed by atoms with van der Waals surface area (Å²) in [5, 5.41) is 21.6. The summed E-state index contributed by atoms with van der Waals surface area (Å²) >= 11 is 0. The lowest BCUT2D eigenvalue weighted by molar-refractivity contribution is -0.385. The van der Waals surface area contributed by atoms with Crippen LogP contribution in [0.15, 0.2) is 28.2 Å². The van der Waals surface area contributed by atoms with Gasteiger partial charge in [-0.1, -0.05) is 16.1 Å². The van der Waals surface area contributed by atoms with E-state index in [0.29, 0.717) is 5.56 Å². The molecule has 0 aromatic heterocycles. The number of benzene rings is 1. The van der Waals surface area contributed by atoms with Crippen LogP contribution in [0.5, 0.6) is 0 Å². The van der Waals surface area contributed by atoms with Gasteiger partial charge in [-0.3, -0.25) is 14.9 Å². The van der Waals surface area contributed by atoms with Crippen molar-refractivity contribution >= 4 is 23.7 Å². The third kappa shape index (κ3) is 2.68. The summed E-state index contributed by atoms with van der Waals surface area (Å²) in [5.41, 5.74) is 5.11. The number of amides is 1. The minimum absolute atomic E-state index is 0.184. The monoisotopic (exact) mass is 260 g/mol. The first-order valence-electron chi connectivity index (χ1n) is 5.20. The number of carbonyl (C=O) groups excluding carboxylic acids is 1. The third-order valence-electron chi connectivity index (χ3n) is 2.45. The predicted octanol–water partition coefficient (Wildman–Crippen LogP) is -0.431. The van der Waals surface area contributed by atoms with Crippen molar-refractivity contribution in [3.63, 3.8) is 0 Å². The fourth-order valence-corrected chi connectivity index (χ4v) is 1.63. The topological polar surface area (TPSA) is 134 Å². The van der Waals surface area contributed by atoms with Crippen molar-refractivity contribution in [1.82, 2.24) is 0 Å². The first-order chi connectivity index (χ1) is 8.97. The Morgan fingerprint density at radius 1 is 1.47 bits per heavy atom. The van der Waals surface area contributed by atoms with Crippen molar-refractivity contribution in [1.29, 1.82) is 0 Å². The number of carbonyl (C=O) groups is 1. The van der Waals surface area contributed by atoms with E-state index in [2.05, 4.69) is 9.98 Å². The van der Waals surface area contributed by atoms with Crippen LogP contribution < -0.4 is 10.8 Å². The molecule has 8 heteroatoms. The van der Waals surface area contributed by atoms with Crippen LogP contribution in [0.25, 0.3) is 0 Å². The number of primary amides is 1. The Morgan fingerprint density at radius 2 is 2.21 bits per heavy atom. The highest BCUT2D eigenvalue weighted by molar-refractivity contribution is 6.25. The van der Waals surface area contributed by atoms with Crippen molar-refractivity contribution in [2.24, 2.45) is 15.7 Å². The van der Waals surface area contributed by atoms with E-state index in [9.17, 15) is 20.0 Å². The molecular weight excluding hydrogens is 252 g/mol. The quantitative estimate of drug-likeness (QED) is 0.446. The van der Waals surface area contributed by atoms with Gasteiger partial charge < -0.3 is 10.8 Å². The molecule has 1 aliphatic rings. The van der Waals surface area contributed by atoms with E-state index >= 15 is 0 Å². The van der Waals surface area contributed by atoms with Crippen LogP contribution in [0.4, 0.5) is 5.69 Å². The van der Waals surface area contributed by atoms with Crippen molar-refractivity contribution in [2.75, 3.05) is 0 Å². The number of hydrogen-bond donors (Lipinski definition) is 1. The number of aliphatic imine (C=N–C) groups is 2. The minimum atomic E-state index is -0.888. The minimum Gasteiger partial charge on any atom is -0.788 e. The molecule has 0 unspecified atom stereocenters. The third-order valence-corrected chi connectivity index (χ3v) is 2.45. The zero-order valence-corrected chi connectivity index (χ0v) is 9.57. The Bertz CT molecular complexity index is 609. The van der Waals surface area contributed by atoms with E-state index in [-0.39, 0.29) is 23.8 Å². The Hall–Kier alpha value is -2.90. The molecule has 2 rings (SSSR count). The van der Waals surface area contributed by atoms with E-state index in [0.717, 1.165) is 6.21 Å². The highest BCUT2D eigenvalue weighted by Crippen LogP contribution is 2.23. The molecule has 1 aromatic carbocycles. The Morgan fingerprint density at radius 3 is 2.74 bits per heavy atom. The summed E-state index contributed by atoms with van der Waals surface area (Å²) in [7, 11) is 0. The van der Waals surface area contributed by atoms with Crippen LogP contribution in [0, 0.1) is 16.3 Å². The molecule has 0 saturated heterocycles. The van der Waals surface area contributed by atoms with Gasteiger partial charge in [0.15, 0.2) is 12.1 Å². The van der Waals surface area contributed by atoms with Crippen molar-refractivity contribution in [3.05, 3.63) is 45.6 Å². The standard InChI is InChI=1S/C11H8N4O4/c12-11(17)7-3-6(1-2-8(7)15(18)19)4-9-13-5-10(16)14-9/h1-3,5H,4H2,(H2-,12,14,16,17). The molecule has 0 spiro atoms. The number of nitrogens with zero attached hydrogens (tertiary/aromatic N) is 3. The van der Waals surface area contributed by atoms with Gasteiger partial charge in [-0.2, -0.15) is 0 Å². The van der Waals surface area contributed by atoms with Gasteiger partial charge in [0, 0.05) is 6.07 Å². The molecular formula is C11H8N4O4. The van der Waals surface area contributed by atoms with Crippen LogP contribution in [0.1, 0.15) is 15.9 Å². The van der Waals surface area contributed by atoms with Crippen LogP contribution in [-0.2, 0) is 6.42 Å². The first kappa shape index (κ1) is 12.6. The molecule has 1 aromatic rings. The molecule has 0 aliphatic carbocycles. The molecule has 19 heavy (non-hydrogen) atoms. The van der Waals surface area contributed by atoms with Gasteiger partial charge >= 0.3 is 0 Å².